The monoisotopic (exact) mass is 365 g/mol. The molecule has 2 aromatic carbocycles. The quantitative estimate of drug-likeness (QED) is 0.537. The lowest BCUT2D eigenvalue weighted by atomic mass is 10.0. The minimum absolute atomic E-state index is 0.0589. The summed E-state index contributed by atoms with van der Waals surface area (Å²) in [6.07, 6.45) is 1.63. The summed E-state index contributed by atoms with van der Waals surface area (Å²) in [6.45, 7) is 0. The first-order valence-electron chi connectivity index (χ1n) is 5.72. The van der Waals surface area contributed by atoms with Crippen LogP contribution >= 0.6 is 22.6 Å². The lowest BCUT2D eigenvalue weighted by molar-refractivity contribution is 0.104. The third-order valence-electron chi connectivity index (χ3n) is 2.98. The molecule has 0 spiro atoms. The molecule has 0 atom stereocenters. The third-order valence-corrected chi connectivity index (χ3v) is 3.65. The molecule has 0 aliphatic rings. The van der Waals surface area contributed by atoms with Crippen LogP contribution in [0.3, 0.4) is 0 Å². The van der Waals surface area contributed by atoms with E-state index in [2.05, 4.69) is 27.6 Å². The molecule has 0 saturated carbocycles. The second-order valence-electron chi connectivity index (χ2n) is 4.23. The summed E-state index contributed by atoms with van der Waals surface area (Å²) in [7, 11) is 0. The highest BCUT2D eigenvalue weighted by Crippen LogP contribution is 2.22. The van der Waals surface area contributed by atoms with Crippen molar-refractivity contribution in [1.29, 1.82) is 0 Å². The zero-order valence-electron chi connectivity index (χ0n) is 9.78. The number of rotatable bonds is 2. The van der Waals surface area contributed by atoms with Gasteiger partial charge in [-0.15, -0.1) is 0 Å². The zero-order chi connectivity index (χ0) is 13.4. The number of fused-ring (bicyclic) bond motifs is 1. The maximum Gasteiger partial charge on any atom is 0.195 e. The van der Waals surface area contributed by atoms with Gasteiger partial charge in [-0.25, -0.2) is 4.39 Å². The number of halogens is 2. The molecule has 19 heavy (non-hydrogen) atoms. The van der Waals surface area contributed by atoms with Gasteiger partial charge in [-0.05, 0) is 52.9 Å². The summed E-state index contributed by atoms with van der Waals surface area (Å²) in [5, 5.41) is 0.741. The van der Waals surface area contributed by atoms with Gasteiger partial charge in [0, 0.05) is 31.8 Å². The van der Waals surface area contributed by atoms with Crippen LogP contribution < -0.4 is 0 Å². The second kappa shape index (κ2) is 4.77. The molecule has 1 heterocycles. The molecule has 1 aromatic heterocycles. The van der Waals surface area contributed by atoms with Crippen molar-refractivity contribution >= 4 is 39.3 Å². The van der Waals surface area contributed by atoms with Crippen LogP contribution in [0, 0.1) is 9.39 Å². The highest BCUT2D eigenvalue weighted by Gasteiger charge is 2.14. The molecule has 1 N–H and O–H groups in total. The number of nitrogens with one attached hydrogen (secondary N) is 1. The maximum absolute atomic E-state index is 13.1. The molecule has 2 nitrogen and oxygen atoms in total. The van der Waals surface area contributed by atoms with Gasteiger partial charge in [0.15, 0.2) is 5.78 Å². The van der Waals surface area contributed by atoms with E-state index in [0.717, 1.165) is 8.96 Å². The SMILES string of the molecule is O=C(c1cccc(I)c1)c1c[nH]c2cc(F)ccc12. The standard InChI is InChI=1S/C15H9FINO/c16-10-4-5-12-13(8-18-14(12)7-10)15(19)9-2-1-3-11(17)6-9/h1-8,18H. The molecule has 94 valence electrons. The van der Waals surface area contributed by atoms with Crippen LogP contribution in [-0.2, 0) is 0 Å². The van der Waals surface area contributed by atoms with E-state index in [-0.39, 0.29) is 11.6 Å². The Morgan fingerprint density at radius 1 is 1.16 bits per heavy atom. The molecule has 0 amide bonds. The molecule has 0 aliphatic carbocycles. The fraction of sp³-hybridized carbons (Fsp3) is 0. The first-order chi connectivity index (χ1) is 9.15. The van der Waals surface area contributed by atoms with Gasteiger partial charge in [0.25, 0.3) is 0 Å². The number of aromatic amines is 1. The summed E-state index contributed by atoms with van der Waals surface area (Å²) >= 11 is 2.17. The first-order valence-corrected chi connectivity index (χ1v) is 6.80. The number of benzene rings is 2. The van der Waals surface area contributed by atoms with Crippen LogP contribution in [0.15, 0.2) is 48.7 Å². The summed E-state index contributed by atoms with van der Waals surface area (Å²) < 4.78 is 14.1. The van der Waals surface area contributed by atoms with Gasteiger partial charge in [-0.3, -0.25) is 4.79 Å². The van der Waals surface area contributed by atoms with Crippen LogP contribution in [0.5, 0.6) is 0 Å². The fourth-order valence-electron chi connectivity index (χ4n) is 2.07. The molecule has 0 radical (unpaired) electrons. The Hall–Kier alpha value is -1.69. The molecule has 3 aromatic rings. The minimum atomic E-state index is -0.317. The molecule has 3 rings (SSSR count). The Labute approximate surface area is 122 Å². The summed E-state index contributed by atoms with van der Waals surface area (Å²) in [5.41, 5.74) is 1.84. The van der Waals surface area contributed by atoms with E-state index in [1.54, 1.807) is 18.3 Å². The van der Waals surface area contributed by atoms with Gasteiger partial charge in [0.1, 0.15) is 5.82 Å². The molecular weight excluding hydrogens is 356 g/mol. The number of carbonyl (C=O) groups excluding carboxylic acids is 1. The van der Waals surface area contributed by atoms with Crippen molar-refractivity contribution in [2.75, 3.05) is 0 Å². The van der Waals surface area contributed by atoms with Gasteiger partial charge in [-0.1, -0.05) is 12.1 Å². The van der Waals surface area contributed by atoms with Gasteiger partial charge < -0.3 is 4.98 Å². The fourth-order valence-corrected chi connectivity index (χ4v) is 2.61. The molecule has 0 fully saturated rings. The summed E-state index contributed by atoms with van der Waals surface area (Å²) in [5.74, 6) is -0.376. The average Bonchev–Trinajstić information content (AvgIpc) is 2.80. The smallest absolute Gasteiger partial charge is 0.195 e. The Kier molecular flexibility index (Phi) is 3.10. The normalized spacial score (nSPS) is 10.8. The lowest BCUT2D eigenvalue weighted by Gasteiger charge is -2.00. The summed E-state index contributed by atoms with van der Waals surface area (Å²) in [4.78, 5) is 15.4. The van der Waals surface area contributed by atoms with Gasteiger partial charge >= 0.3 is 0 Å². The van der Waals surface area contributed by atoms with Crippen LogP contribution in [0.25, 0.3) is 10.9 Å². The lowest BCUT2D eigenvalue weighted by Crippen LogP contribution is -2.00. The highest BCUT2D eigenvalue weighted by molar-refractivity contribution is 14.1. The number of hydrogen-bond acceptors (Lipinski definition) is 1. The second-order valence-corrected chi connectivity index (χ2v) is 5.48. The van der Waals surface area contributed by atoms with Crippen LogP contribution in [0.2, 0.25) is 0 Å². The predicted octanol–water partition coefficient (Wildman–Crippen LogP) is 4.14. The van der Waals surface area contributed by atoms with Crippen molar-refractivity contribution in [2.45, 2.75) is 0 Å². The van der Waals surface area contributed by atoms with Crippen molar-refractivity contribution in [2.24, 2.45) is 0 Å². The first kappa shape index (κ1) is 12.3. The highest BCUT2D eigenvalue weighted by atomic mass is 127. The molecule has 0 aliphatic heterocycles. The van der Waals surface area contributed by atoms with E-state index < -0.39 is 0 Å². The molecule has 0 bridgehead atoms. The minimum Gasteiger partial charge on any atom is -0.360 e. The topological polar surface area (TPSA) is 32.9 Å². The Morgan fingerprint density at radius 2 is 2.00 bits per heavy atom. The maximum atomic E-state index is 13.1. The Morgan fingerprint density at radius 3 is 2.79 bits per heavy atom. The number of carbonyl (C=O) groups is 1. The number of ketones is 1. The number of H-pyrrole nitrogens is 1. The van der Waals surface area contributed by atoms with Gasteiger partial charge in [-0.2, -0.15) is 0 Å². The Bertz CT molecular complexity index is 779. The number of aromatic nitrogens is 1. The molecule has 0 unspecified atom stereocenters. The summed E-state index contributed by atoms with van der Waals surface area (Å²) in [6, 6.07) is 11.8. The average molecular weight is 365 g/mol. The molecule has 0 saturated heterocycles. The van der Waals surface area contributed by atoms with Crippen molar-refractivity contribution in [3.05, 3.63) is 69.2 Å². The Balaban J connectivity index is 2.12. The van der Waals surface area contributed by atoms with E-state index in [0.29, 0.717) is 16.6 Å². The van der Waals surface area contributed by atoms with E-state index in [9.17, 15) is 9.18 Å². The largest absolute Gasteiger partial charge is 0.360 e. The van der Waals surface area contributed by atoms with Gasteiger partial charge in [0.2, 0.25) is 0 Å². The van der Waals surface area contributed by atoms with Gasteiger partial charge in [0.05, 0.1) is 0 Å². The zero-order valence-corrected chi connectivity index (χ0v) is 11.9. The van der Waals surface area contributed by atoms with Crippen molar-refractivity contribution in [3.8, 4) is 0 Å². The van der Waals surface area contributed by atoms with Crippen LogP contribution in [0.1, 0.15) is 15.9 Å². The van der Waals surface area contributed by atoms with E-state index >= 15 is 0 Å². The molecular formula is C15H9FINO. The van der Waals surface area contributed by atoms with Crippen molar-refractivity contribution in [3.63, 3.8) is 0 Å². The van der Waals surface area contributed by atoms with Crippen molar-refractivity contribution in [1.82, 2.24) is 4.98 Å². The molecule has 4 heteroatoms. The predicted molar refractivity (Wildman–Crippen MR) is 80.8 cm³/mol. The van der Waals surface area contributed by atoms with Crippen LogP contribution in [0.4, 0.5) is 4.39 Å². The van der Waals surface area contributed by atoms with E-state index in [1.165, 1.54) is 12.1 Å². The number of hydrogen-bond donors (Lipinski definition) is 1. The van der Waals surface area contributed by atoms with E-state index in [1.807, 2.05) is 18.2 Å². The third kappa shape index (κ3) is 2.28. The van der Waals surface area contributed by atoms with Crippen molar-refractivity contribution < 1.29 is 9.18 Å². The van der Waals surface area contributed by atoms with E-state index in [4.69, 9.17) is 0 Å². The van der Waals surface area contributed by atoms with Crippen LogP contribution in [-0.4, -0.2) is 10.8 Å².